The Hall–Kier alpha value is -2.69. The summed E-state index contributed by atoms with van der Waals surface area (Å²) in [5.74, 6) is -0.233. The lowest BCUT2D eigenvalue weighted by Gasteiger charge is -2.38. The Morgan fingerprint density at radius 1 is 1.07 bits per heavy atom. The van der Waals surface area contributed by atoms with Gasteiger partial charge in [0.2, 0.25) is 0 Å². The van der Waals surface area contributed by atoms with E-state index in [1.54, 1.807) is 13.8 Å². The van der Waals surface area contributed by atoms with Crippen LogP contribution in [0.4, 0.5) is 9.18 Å². The number of halogens is 1. The Kier molecular flexibility index (Phi) is 5.05. The van der Waals surface area contributed by atoms with Crippen LogP contribution in [0.5, 0.6) is 0 Å². The van der Waals surface area contributed by atoms with Crippen LogP contribution in [0.25, 0.3) is 11.1 Å². The number of fused-ring (bicyclic) bond motifs is 3. The van der Waals surface area contributed by atoms with Crippen molar-refractivity contribution in [2.45, 2.75) is 39.2 Å². The quantitative estimate of drug-likeness (QED) is 0.723. The SMILES string of the molecule is CCC(C)(C)[C@@H](C(=O)F)N(CC1c2ccccc2-c2ccccc21)C(=O)O. The van der Waals surface area contributed by atoms with Crippen LogP contribution in [-0.4, -0.2) is 34.7 Å². The van der Waals surface area contributed by atoms with Crippen molar-refractivity contribution in [3.8, 4) is 11.1 Å². The molecule has 0 aliphatic heterocycles. The first-order valence-electron chi connectivity index (χ1n) is 9.15. The molecule has 0 unspecified atom stereocenters. The maximum absolute atomic E-state index is 14.0. The van der Waals surface area contributed by atoms with Crippen molar-refractivity contribution in [3.05, 3.63) is 59.7 Å². The largest absolute Gasteiger partial charge is 0.465 e. The molecule has 1 aliphatic rings. The highest BCUT2D eigenvalue weighted by molar-refractivity contribution is 5.82. The Bertz CT molecular complexity index is 832. The number of hydrogen-bond donors (Lipinski definition) is 1. The van der Waals surface area contributed by atoms with E-state index in [0.717, 1.165) is 27.2 Å². The first-order valence-corrected chi connectivity index (χ1v) is 9.15. The summed E-state index contributed by atoms with van der Waals surface area (Å²) in [5.41, 5.74) is 3.32. The van der Waals surface area contributed by atoms with Crippen molar-refractivity contribution < 1.29 is 19.1 Å². The van der Waals surface area contributed by atoms with Crippen LogP contribution in [0.1, 0.15) is 44.2 Å². The van der Waals surface area contributed by atoms with E-state index in [4.69, 9.17) is 0 Å². The van der Waals surface area contributed by atoms with Crippen molar-refractivity contribution in [2.24, 2.45) is 5.41 Å². The lowest BCUT2D eigenvalue weighted by molar-refractivity contribution is -0.139. The molecule has 142 valence electrons. The van der Waals surface area contributed by atoms with Crippen molar-refractivity contribution in [3.63, 3.8) is 0 Å². The molecule has 2 aromatic rings. The molecule has 1 atom stereocenters. The molecule has 2 aromatic carbocycles. The molecule has 0 saturated heterocycles. The molecule has 0 aromatic heterocycles. The van der Waals surface area contributed by atoms with Gasteiger partial charge in [-0.2, -0.15) is 4.39 Å². The fraction of sp³-hybridized carbons (Fsp3) is 0.364. The minimum atomic E-state index is -1.61. The first kappa shape index (κ1) is 19.1. The van der Waals surface area contributed by atoms with Gasteiger partial charge in [-0.15, -0.1) is 0 Å². The molecular weight excluding hydrogens is 345 g/mol. The summed E-state index contributed by atoms with van der Waals surface area (Å²) >= 11 is 0. The Morgan fingerprint density at radius 3 is 1.96 bits per heavy atom. The van der Waals surface area contributed by atoms with Crippen molar-refractivity contribution in [2.75, 3.05) is 6.54 Å². The van der Waals surface area contributed by atoms with Gasteiger partial charge in [0.15, 0.2) is 0 Å². The first-order chi connectivity index (χ1) is 12.8. The van der Waals surface area contributed by atoms with E-state index in [9.17, 15) is 19.1 Å². The third kappa shape index (κ3) is 3.34. The standard InChI is InChI=1S/C22H24FNO3/c1-4-22(2,3)19(20(23)25)24(21(26)27)13-18-16-11-7-5-9-14(16)15-10-6-8-12-17(15)18/h5-12,18-19H,4,13H2,1-3H3,(H,26,27)/t19-/m1/s1. The maximum Gasteiger partial charge on any atom is 0.408 e. The zero-order chi connectivity index (χ0) is 19.8. The smallest absolute Gasteiger partial charge is 0.408 e. The number of carbonyl (C=O) groups excluding carboxylic acids is 1. The van der Waals surface area contributed by atoms with Gasteiger partial charge in [0, 0.05) is 12.5 Å². The van der Waals surface area contributed by atoms with Gasteiger partial charge in [0.05, 0.1) is 0 Å². The highest BCUT2D eigenvalue weighted by atomic mass is 19.1. The third-order valence-electron chi connectivity index (χ3n) is 5.77. The van der Waals surface area contributed by atoms with Gasteiger partial charge in [-0.3, -0.25) is 9.69 Å². The summed E-state index contributed by atoms with van der Waals surface area (Å²) in [7, 11) is 0. The number of carboxylic acid groups (broad SMARTS) is 1. The van der Waals surface area contributed by atoms with Crippen LogP contribution >= 0.6 is 0 Å². The molecule has 3 rings (SSSR count). The van der Waals surface area contributed by atoms with Crippen molar-refractivity contribution in [1.29, 1.82) is 0 Å². The monoisotopic (exact) mass is 369 g/mol. The van der Waals surface area contributed by atoms with Crippen LogP contribution in [0.2, 0.25) is 0 Å². The molecule has 1 aliphatic carbocycles. The molecule has 4 nitrogen and oxygen atoms in total. The molecule has 0 heterocycles. The highest BCUT2D eigenvalue weighted by Gasteiger charge is 2.43. The topological polar surface area (TPSA) is 57.6 Å². The molecule has 5 heteroatoms. The minimum absolute atomic E-state index is 0.0348. The number of rotatable bonds is 6. The van der Waals surface area contributed by atoms with Gasteiger partial charge in [-0.25, -0.2) is 4.79 Å². The fourth-order valence-electron chi connectivity index (χ4n) is 3.99. The van der Waals surface area contributed by atoms with Crippen LogP contribution in [0, 0.1) is 5.41 Å². The van der Waals surface area contributed by atoms with E-state index >= 15 is 0 Å². The zero-order valence-corrected chi connectivity index (χ0v) is 15.8. The molecule has 1 N–H and O–H groups in total. The number of hydrogen-bond acceptors (Lipinski definition) is 2. The molecule has 27 heavy (non-hydrogen) atoms. The van der Waals surface area contributed by atoms with Gasteiger partial charge in [0.25, 0.3) is 0 Å². The molecular formula is C22H24FNO3. The van der Waals surface area contributed by atoms with Crippen LogP contribution in [-0.2, 0) is 4.79 Å². The Labute approximate surface area is 158 Å². The second-order valence-electron chi connectivity index (χ2n) is 7.71. The summed E-state index contributed by atoms with van der Waals surface area (Å²) in [6, 6.07) is 12.7. The van der Waals surface area contributed by atoms with Crippen LogP contribution in [0.3, 0.4) is 0 Å². The summed E-state index contributed by atoms with van der Waals surface area (Å²) in [6.07, 6.45) is -0.802. The zero-order valence-electron chi connectivity index (χ0n) is 15.8. The van der Waals surface area contributed by atoms with Crippen LogP contribution < -0.4 is 0 Å². The second-order valence-corrected chi connectivity index (χ2v) is 7.71. The van der Waals surface area contributed by atoms with E-state index in [-0.39, 0.29) is 12.5 Å². The lowest BCUT2D eigenvalue weighted by atomic mass is 9.80. The average Bonchev–Trinajstić information content (AvgIpc) is 2.95. The number of benzene rings is 2. The normalized spacial score (nSPS) is 14.4. The summed E-state index contributed by atoms with van der Waals surface area (Å²) < 4.78 is 14.0. The fourth-order valence-corrected chi connectivity index (χ4v) is 3.99. The maximum atomic E-state index is 14.0. The average molecular weight is 369 g/mol. The van der Waals surface area contributed by atoms with E-state index in [0.29, 0.717) is 6.42 Å². The molecule has 0 radical (unpaired) electrons. The van der Waals surface area contributed by atoms with Gasteiger partial charge >= 0.3 is 12.1 Å². The van der Waals surface area contributed by atoms with E-state index in [1.165, 1.54) is 0 Å². The summed E-state index contributed by atoms with van der Waals surface area (Å²) in [6.45, 7) is 5.31. The van der Waals surface area contributed by atoms with Gasteiger partial charge in [-0.05, 0) is 34.1 Å². The van der Waals surface area contributed by atoms with Gasteiger partial charge in [-0.1, -0.05) is 69.3 Å². The minimum Gasteiger partial charge on any atom is -0.465 e. The lowest BCUT2D eigenvalue weighted by Crippen LogP contribution is -2.52. The Morgan fingerprint density at radius 2 is 1.56 bits per heavy atom. The highest BCUT2D eigenvalue weighted by Crippen LogP contribution is 2.45. The van der Waals surface area contributed by atoms with Gasteiger partial charge in [0.1, 0.15) is 6.04 Å². The molecule has 0 fully saturated rings. The van der Waals surface area contributed by atoms with Gasteiger partial charge < -0.3 is 5.11 Å². The van der Waals surface area contributed by atoms with E-state index in [2.05, 4.69) is 0 Å². The number of nitrogens with zero attached hydrogens (tertiary/aromatic N) is 1. The second kappa shape index (κ2) is 7.14. The summed E-state index contributed by atoms with van der Waals surface area (Å²) in [5, 5.41) is 9.81. The molecule has 0 saturated carbocycles. The van der Waals surface area contributed by atoms with Crippen molar-refractivity contribution >= 4 is 12.1 Å². The Balaban J connectivity index is 2.05. The molecule has 1 amide bonds. The third-order valence-corrected chi connectivity index (χ3v) is 5.77. The van der Waals surface area contributed by atoms with E-state index < -0.39 is 23.6 Å². The molecule has 0 spiro atoms. The predicted octanol–water partition coefficient (Wildman–Crippen LogP) is 5.08. The summed E-state index contributed by atoms with van der Waals surface area (Å²) in [4.78, 5) is 24.8. The number of amides is 1. The molecule has 0 bridgehead atoms. The van der Waals surface area contributed by atoms with Crippen molar-refractivity contribution in [1.82, 2.24) is 4.90 Å². The van der Waals surface area contributed by atoms with E-state index in [1.807, 2.05) is 55.5 Å². The number of carbonyl (C=O) groups is 2. The predicted molar refractivity (Wildman–Crippen MR) is 102 cm³/mol. The van der Waals surface area contributed by atoms with Crippen LogP contribution in [0.15, 0.2) is 48.5 Å².